The average molecular weight is 345 g/mol. The summed E-state index contributed by atoms with van der Waals surface area (Å²) in [6, 6.07) is 0. The molecule has 0 aliphatic carbocycles. The van der Waals surface area contributed by atoms with E-state index in [1.54, 1.807) is 0 Å². The highest BCUT2D eigenvalue weighted by Crippen LogP contribution is 2.19. The lowest BCUT2D eigenvalue weighted by Gasteiger charge is -2.10. The Labute approximate surface area is 151 Å². The Morgan fingerprint density at radius 1 is 0.609 bits per heavy atom. The van der Waals surface area contributed by atoms with Crippen LogP contribution in [0.3, 0.4) is 0 Å². The van der Waals surface area contributed by atoms with Crippen LogP contribution >= 0.6 is 11.6 Å². The van der Waals surface area contributed by atoms with Crippen molar-refractivity contribution in [1.82, 2.24) is 0 Å². The summed E-state index contributed by atoms with van der Waals surface area (Å²) in [4.78, 5) is 11.3. The number of unbranched alkanes of at least 4 members (excludes halogenated alkanes) is 13. The first-order valence-electron chi connectivity index (χ1n) is 10.4. The van der Waals surface area contributed by atoms with E-state index >= 15 is 0 Å². The van der Waals surface area contributed by atoms with Gasteiger partial charge in [0.1, 0.15) is 0 Å². The minimum Gasteiger partial charge on any atom is -0.281 e. The Kier molecular flexibility index (Phi) is 18.3. The smallest absolute Gasteiger partial charge is 0.224 e. The van der Waals surface area contributed by atoms with E-state index in [2.05, 4.69) is 13.8 Å². The summed E-state index contributed by atoms with van der Waals surface area (Å²) in [7, 11) is 0. The maximum Gasteiger partial charge on any atom is 0.224 e. The maximum atomic E-state index is 11.3. The highest BCUT2D eigenvalue weighted by atomic mass is 35.5. The molecule has 0 rings (SSSR count). The molecule has 23 heavy (non-hydrogen) atoms. The van der Waals surface area contributed by atoms with Gasteiger partial charge in [-0.2, -0.15) is 0 Å². The summed E-state index contributed by atoms with van der Waals surface area (Å²) >= 11 is 5.64. The van der Waals surface area contributed by atoms with Crippen molar-refractivity contribution >= 4 is 16.8 Å². The summed E-state index contributed by atoms with van der Waals surface area (Å²) < 4.78 is 0. The second kappa shape index (κ2) is 18.3. The predicted octanol–water partition coefficient (Wildman–Crippen LogP) is 8.04. The number of carbonyl (C=O) groups is 1. The molecule has 0 aromatic rings. The molecular formula is C21H41ClO. The van der Waals surface area contributed by atoms with Gasteiger partial charge in [0.05, 0.1) is 0 Å². The molecule has 0 bridgehead atoms. The van der Waals surface area contributed by atoms with Gasteiger partial charge in [0, 0.05) is 5.92 Å². The SMILES string of the molecule is CCCCCCCCCCCCCCCCC(CCC)C(=O)Cl. The van der Waals surface area contributed by atoms with Gasteiger partial charge in [0.15, 0.2) is 0 Å². The zero-order valence-corrected chi connectivity index (χ0v) is 16.6. The molecule has 1 nitrogen and oxygen atoms in total. The van der Waals surface area contributed by atoms with Crippen LogP contribution in [0.1, 0.15) is 123 Å². The van der Waals surface area contributed by atoms with Gasteiger partial charge < -0.3 is 0 Å². The Morgan fingerprint density at radius 2 is 1.00 bits per heavy atom. The number of hydrogen-bond acceptors (Lipinski definition) is 1. The molecule has 0 amide bonds. The Morgan fingerprint density at radius 3 is 1.35 bits per heavy atom. The molecule has 0 saturated heterocycles. The second-order valence-electron chi connectivity index (χ2n) is 7.17. The quantitative estimate of drug-likeness (QED) is 0.181. The van der Waals surface area contributed by atoms with Crippen molar-refractivity contribution in [2.24, 2.45) is 5.92 Å². The van der Waals surface area contributed by atoms with Crippen LogP contribution in [0.4, 0.5) is 0 Å². The van der Waals surface area contributed by atoms with E-state index in [0.717, 1.165) is 19.3 Å². The fraction of sp³-hybridized carbons (Fsp3) is 0.952. The Balaban J connectivity index is 3.20. The minimum absolute atomic E-state index is 0.110. The number of rotatable bonds is 18. The molecule has 0 fully saturated rings. The fourth-order valence-corrected chi connectivity index (χ4v) is 3.52. The molecule has 0 radical (unpaired) electrons. The third-order valence-electron chi connectivity index (χ3n) is 4.86. The van der Waals surface area contributed by atoms with Gasteiger partial charge in [-0.15, -0.1) is 0 Å². The molecule has 138 valence electrons. The first kappa shape index (κ1) is 23.0. The van der Waals surface area contributed by atoms with E-state index in [1.807, 2.05) is 0 Å². The average Bonchev–Trinajstić information content (AvgIpc) is 2.54. The molecule has 0 spiro atoms. The van der Waals surface area contributed by atoms with Crippen molar-refractivity contribution in [2.75, 3.05) is 0 Å². The van der Waals surface area contributed by atoms with Crippen LogP contribution in [0, 0.1) is 5.92 Å². The number of halogens is 1. The number of hydrogen-bond donors (Lipinski definition) is 0. The summed E-state index contributed by atoms with van der Waals surface area (Å²) in [5.41, 5.74) is 0. The predicted molar refractivity (Wildman–Crippen MR) is 104 cm³/mol. The van der Waals surface area contributed by atoms with Crippen LogP contribution in [0.25, 0.3) is 0 Å². The maximum absolute atomic E-state index is 11.3. The zero-order valence-electron chi connectivity index (χ0n) is 15.9. The number of carbonyl (C=O) groups excluding carboxylic acids is 1. The molecule has 0 aliphatic heterocycles. The zero-order chi connectivity index (χ0) is 17.2. The largest absolute Gasteiger partial charge is 0.281 e. The molecule has 0 N–H and O–H groups in total. The summed E-state index contributed by atoms with van der Waals surface area (Å²) in [5, 5.41) is -0.124. The molecule has 0 aromatic heterocycles. The summed E-state index contributed by atoms with van der Waals surface area (Å²) in [6.07, 6.45) is 22.3. The molecule has 0 saturated carbocycles. The summed E-state index contributed by atoms with van der Waals surface area (Å²) in [5.74, 6) is 0.110. The van der Waals surface area contributed by atoms with Crippen molar-refractivity contribution in [3.63, 3.8) is 0 Å². The van der Waals surface area contributed by atoms with E-state index < -0.39 is 0 Å². The first-order valence-corrected chi connectivity index (χ1v) is 10.8. The standard InChI is InChI=1S/C21H41ClO/c1-3-5-6-7-8-9-10-11-12-13-14-15-16-17-19-20(18-4-2)21(22)23/h20H,3-19H2,1-2H3. The van der Waals surface area contributed by atoms with Gasteiger partial charge in [-0.25, -0.2) is 0 Å². The van der Waals surface area contributed by atoms with E-state index in [1.165, 1.54) is 89.9 Å². The van der Waals surface area contributed by atoms with E-state index in [9.17, 15) is 4.79 Å². The van der Waals surface area contributed by atoms with Gasteiger partial charge in [-0.3, -0.25) is 4.79 Å². The highest BCUT2D eigenvalue weighted by Gasteiger charge is 2.14. The van der Waals surface area contributed by atoms with Gasteiger partial charge in [-0.1, -0.05) is 110 Å². The fourth-order valence-electron chi connectivity index (χ4n) is 3.31. The van der Waals surface area contributed by atoms with Crippen LogP contribution in [0.15, 0.2) is 0 Å². The van der Waals surface area contributed by atoms with Gasteiger partial charge >= 0.3 is 0 Å². The second-order valence-corrected chi connectivity index (χ2v) is 7.55. The van der Waals surface area contributed by atoms with Crippen molar-refractivity contribution in [1.29, 1.82) is 0 Å². The normalized spacial score (nSPS) is 12.5. The minimum atomic E-state index is -0.124. The van der Waals surface area contributed by atoms with Crippen LogP contribution in [0.5, 0.6) is 0 Å². The molecule has 0 aliphatic rings. The van der Waals surface area contributed by atoms with Crippen molar-refractivity contribution in [3.8, 4) is 0 Å². The van der Waals surface area contributed by atoms with E-state index in [4.69, 9.17) is 11.6 Å². The van der Waals surface area contributed by atoms with Crippen molar-refractivity contribution in [3.05, 3.63) is 0 Å². The monoisotopic (exact) mass is 344 g/mol. The molecule has 0 aromatic carbocycles. The van der Waals surface area contributed by atoms with Gasteiger partial charge in [-0.05, 0) is 24.4 Å². The lowest BCUT2D eigenvalue weighted by Crippen LogP contribution is -2.08. The molecule has 1 atom stereocenters. The third-order valence-corrected chi connectivity index (χ3v) is 5.17. The lowest BCUT2D eigenvalue weighted by atomic mass is 9.97. The van der Waals surface area contributed by atoms with E-state index in [0.29, 0.717) is 0 Å². The topological polar surface area (TPSA) is 17.1 Å². The van der Waals surface area contributed by atoms with Gasteiger partial charge in [0.25, 0.3) is 0 Å². The van der Waals surface area contributed by atoms with Crippen LogP contribution in [-0.4, -0.2) is 5.24 Å². The van der Waals surface area contributed by atoms with Crippen molar-refractivity contribution in [2.45, 2.75) is 123 Å². The summed E-state index contributed by atoms with van der Waals surface area (Å²) in [6.45, 7) is 4.40. The highest BCUT2D eigenvalue weighted by molar-refractivity contribution is 6.63. The first-order chi connectivity index (χ1) is 11.2. The molecule has 1 unspecified atom stereocenters. The van der Waals surface area contributed by atoms with Crippen LogP contribution < -0.4 is 0 Å². The Hall–Kier alpha value is -0.0400. The molecule has 2 heteroatoms. The molecule has 0 heterocycles. The van der Waals surface area contributed by atoms with Crippen LogP contribution in [0.2, 0.25) is 0 Å². The van der Waals surface area contributed by atoms with Gasteiger partial charge in [0.2, 0.25) is 5.24 Å². The molecular weight excluding hydrogens is 304 g/mol. The third kappa shape index (κ3) is 16.6. The van der Waals surface area contributed by atoms with E-state index in [-0.39, 0.29) is 11.2 Å². The van der Waals surface area contributed by atoms with Crippen molar-refractivity contribution < 1.29 is 4.79 Å². The van der Waals surface area contributed by atoms with Crippen LogP contribution in [-0.2, 0) is 4.79 Å². The lowest BCUT2D eigenvalue weighted by molar-refractivity contribution is -0.115. The Bertz CT molecular complexity index is 252.